The predicted octanol–water partition coefficient (Wildman–Crippen LogP) is 2.73. The summed E-state index contributed by atoms with van der Waals surface area (Å²) in [6.45, 7) is 12.3. The van der Waals surface area contributed by atoms with Crippen molar-refractivity contribution < 1.29 is 4.52 Å². The van der Waals surface area contributed by atoms with Gasteiger partial charge in [0.15, 0.2) is 5.96 Å². The van der Waals surface area contributed by atoms with Crippen molar-refractivity contribution in [3.8, 4) is 0 Å². The summed E-state index contributed by atoms with van der Waals surface area (Å²) in [6, 6.07) is 0. The second kappa shape index (κ2) is 11.1. The van der Waals surface area contributed by atoms with E-state index in [1.54, 1.807) is 0 Å². The van der Waals surface area contributed by atoms with Crippen LogP contribution in [0.3, 0.4) is 0 Å². The molecule has 142 valence electrons. The minimum Gasteiger partial charge on any atom is -0.361 e. The van der Waals surface area contributed by atoms with E-state index in [-0.39, 0.29) is 0 Å². The third kappa shape index (κ3) is 6.34. The molecule has 6 heteroatoms. The second-order valence-corrected chi connectivity index (χ2v) is 6.62. The minimum atomic E-state index is 0.620. The molecule has 2 heterocycles. The number of nitrogens with zero attached hydrogens (tertiary/aromatic N) is 3. The first-order valence-corrected chi connectivity index (χ1v) is 9.99. The molecule has 2 N–H and O–H groups in total. The molecule has 1 aliphatic heterocycles. The Morgan fingerprint density at radius 1 is 1.08 bits per heavy atom. The summed E-state index contributed by atoms with van der Waals surface area (Å²) in [4.78, 5) is 7.31. The molecule has 0 saturated carbocycles. The van der Waals surface area contributed by atoms with Crippen molar-refractivity contribution >= 4 is 5.96 Å². The second-order valence-electron chi connectivity index (χ2n) is 6.62. The number of aliphatic imine (C=N–C) groups is 1. The summed E-state index contributed by atoms with van der Waals surface area (Å²) in [6.07, 6.45) is 7.17. The molecule has 0 amide bonds. The Labute approximate surface area is 152 Å². The number of rotatable bonds is 8. The van der Waals surface area contributed by atoms with Gasteiger partial charge in [-0.05, 0) is 39.3 Å². The third-order valence-electron chi connectivity index (χ3n) is 4.77. The number of likely N-dealkylation sites (tertiary alicyclic amines) is 1. The monoisotopic (exact) mass is 349 g/mol. The summed E-state index contributed by atoms with van der Waals surface area (Å²) in [7, 11) is 0. The van der Waals surface area contributed by atoms with Crippen LogP contribution in [0.5, 0.6) is 0 Å². The van der Waals surface area contributed by atoms with Gasteiger partial charge in [0, 0.05) is 31.6 Å². The van der Waals surface area contributed by atoms with Gasteiger partial charge >= 0.3 is 0 Å². The van der Waals surface area contributed by atoms with Crippen LogP contribution in [0.1, 0.15) is 63.5 Å². The van der Waals surface area contributed by atoms with E-state index in [0.717, 1.165) is 55.5 Å². The molecule has 0 aliphatic carbocycles. The van der Waals surface area contributed by atoms with E-state index < -0.39 is 0 Å². The summed E-state index contributed by atoms with van der Waals surface area (Å²) in [5.41, 5.74) is 2.18. The van der Waals surface area contributed by atoms with Gasteiger partial charge in [0.1, 0.15) is 5.76 Å². The topological polar surface area (TPSA) is 65.7 Å². The van der Waals surface area contributed by atoms with Crippen LogP contribution in [0.25, 0.3) is 0 Å². The highest BCUT2D eigenvalue weighted by Gasteiger charge is 2.13. The number of aromatic nitrogens is 1. The Balaban J connectivity index is 1.88. The highest BCUT2D eigenvalue weighted by Crippen LogP contribution is 2.16. The standard InChI is InChI=1S/C19H35N5O/c1-4-17-16(18(5-2)25-23-17)15-22-19(20-6-3)21-11-14-24-12-9-7-8-10-13-24/h4-15H2,1-3H3,(H2,20,21,22). The smallest absolute Gasteiger partial charge is 0.191 e. The molecule has 25 heavy (non-hydrogen) atoms. The molecule has 0 aromatic carbocycles. The number of hydrogen-bond acceptors (Lipinski definition) is 4. The first-order chi connectivity index (χ1) is 12.3. The van der Waals surface area contributed by atoms with E-state index in [0.29, 0.717) is 6.54 Å². The van der Waals surface area contributed by atoms with Gasteiger partial charge in [-0.1, -0.05) is 31.8 Å². The van der Waals surface area contributed by atoms with Crippen LogP contribution in [0.15, 0.2) is 9.52 Å². The number of guanidine groups is 1. The molecule has 0 atom stereocenters. The Morgan fingerprint density at radius 3 is 2.48 bits per heavy atom. The molecule has 1 aromatic heterocycles. The van der Waals surface area contributed by atoms with Gasteiger partial charge in [-0.25, -0.2) is 4.99 Å². The number of nitrogens with one attached hydrogen (secondary N) is 2. The average Bonchev–Trinajstić information content (AvgIpc) is 2.84. The Kier molecular flexibility index (Phi) is 8.80. The molecule has 1 aromatic rings. The Hall–Kier alpha value is -1.56. The van der Waals surface area contributed by atoms with E-state index in [2.05, 4.69) is 41.5 Å². The molecule has 0 bridgehead atoms. The van der Waals surface area contributed by atoms with Gasteiger partial charge in [-0.15, -0.1) is 0 Å². The number of aryl methyl sites for hydroxylation is 2. The molecule has 0 unspecified atom stereocenters. The fourth-order valence-electron chi connectivity index (χ4n) is 3.31. The van der Waals surface area contributed by atoms with Gasteiger partial charge in [0.2, 0.25) is 0 Å². The van der Waals surface area contributed by atoms with Crippen molar-refractivity contribution in [2.75, 3.05) is 32.7 Å². The lowest BCUT2D eigenvalue weighted by molar-refractivity contribution is 0.289. The van der Waals surface area contributed by atoms with Crippen molar-refractivity contribution in [3.05, 3.63) is 17.0 Å². The molecule has 1 saturated heterocycles. The van der Waals surface area contributed by atoms with Crippen LogP contribution in [0.4, 0.5) is 0 Å². The zero-order chi connectivity index (χ0) is 17.9. The fraction of sp³-hybridized carbons (Fsp3) is 0.789. The SMILES string of the molecule is CCNC(=NCc1c(CC)noc1CC)NCCN1CCCCCC1. The summed E-state index contributed by atoms with van der Waals surface area (Å²) in [5, 5.41) is 11.0. The van der Waals surface area contributed by atoms with Crippen LogP contribution in [-0.4, -0.2) is 48.7 Å². The van der Waals surface area contributed by atoms with Crippen molar-refractivity contribution in [1.29, 1.82) is 0 Å². The fourth-order valence-corrected chi connectivity index (χ4v) is 3.31. The molecular formula is C19H35N5O. The Bertz CT molecular complexity index is 496. The van der Waals surface area contributed by atoms with E-state index >= 15 is 0 Å². The van der Waals surface area contributed by atoms with E-state index in [9.17, 15) is 0 Å². The van der Waals surface area contributed by atoms with E-state index in [1.165, 1.54) is 38.8 Å². The van der Waals surface area contributed by atoms with Crippen molar-refractivity contribution in [3.63, 3.8) is 0 Å². The van der Waals surface area contributed by atoms with Crippen molar-refractivity contribution in [2.45, 2.75) is 65.8 Å². The normalized spacial score (nSPS) is 16.7. The zero-order valence-corrected chi connectivity index (χ0v) is 16.2. The quantitative estimate of drug-likeness (QED) is 0.558. The largest absolute Gasteiger partial charge is 0.361 e. The highest BCUT2D eigenvalue weighted by atomic mass is 16.5. The van der Waals surface area contributed by atoms with Gasteiger partial charge in [-0.3, -0.25) is 0 Å². The lowest BCUT2D eigenvalue weighted by atomic mass is 10.1. The molecule has 6 nitrogen and oxygen atoms in total. The first-order valence-electron chi connectivity index (χ1n) is 9.99. The maximum Gasteiger partial charge on any atom is 0.191 e. The van der Waals surface area contributed by atoms with Gasteiger partial charge in [-0.2, -0.15) is 0 Å². The molecule has 1 fully saturated rings. The van der Waals surface area contributed by atoms with Crippen LogP contribution in [-0.2, 0) is 19.4 Å². The molecule has 0 spiro atoms. The Morgan fingerprint density at radius 2 is 1.84 bits per heavy atom. The lowest BCUT2D eigenvalue weighted by Gasteiger charge is -2.20. The van der Waals surface area contributed by atoms with Crippen LogP contribution >= 0.6 is 0 Å². The maximum atomic E-state index is 5.43. The van der Waals surface area contributed by atoms with Crippen LogP contribution in [0.2, 0.25) is 0 Å². The average molecular weight is 350 g/mol. The van der Waals surface area contributed by atoms with E-state index in [4.69, 9.17) is 9.52 Å². The molecule has 2 rings (SSSR count). The molecule has 1 aliphatic rings. The predicted molar refractivity (Wildman–Crippen MR) is 103 cm³/mol. The van der Waals surface area contributed by atoms with Crippen LogP contribution in [0, 0.1) is 0 Å². The van der Waals surface area contributed by atoms with Gasteiger partial charge < -0.3 is 20.1 Å². The minimum absolute atomic E-state index is 0.620. The molecular weight excluding hydrogens is 314 g/mol. The van der Waals surface area contributed by atoms with Gasteiger partial charge in [0.05, 0.1) is 12.2 Å². The van der Waals surface area contributed by atoms with E-state index in [1.807, 2.05) is 0 Å². The highest BCUT2D eigenvalue weighted by molar-refractivity contribution is 5.79. The number of hydrogen-bond donors (Lipinski definition) is 2. The van der Waals surface area contributed by atoms with Gasteiger partial charge in [0.25, 0.3) is 0 Å². The van der Waals surface area contributed by atoms with Crippen molar-refractivity contribution in [1.82, 2.24) is 20.7 Å². The first kappa shape index (κ1) is 19.8. The lowest BCUT2D eigenvalue weighted by Crippen LogP contribution is -2.41. The zero-order valence-electron chi connectivity index (χ0n) is 16.2. The maximum absolute atomic E-state index is 5.43. The summed E-state index contributed by atoms with van der Waals surface area (Å²) >= 11 is 0. The summed E-state index contributed by atoms with van der Waals surface area (Å²) in [5.74, 6) is 1.84. The molecule has 0 radical (unpaired) electrons. The third-order valence-corrected chi connectivity index (χ3v) is 4.77. The van der Waals surface area contributed by atoms with Crippen molar-refractivity contribution in [2.24, 2.45) is 4.99 Å². The summed E-state index contributed by atoms with van der Waals surface area (Å²) < 4.78 is 5.43. The van der Waals surface area contributed by atoms with Crippen LogP contribution < -0.4 is 10.6 Å².